The maximum atomic E-state index is 12.9. The van der Waals surface area contributed by atoms with E-state index >= 15 is 0 Å². The molecule has 10 heteroatoms. The van der Waals surface area contributed by atoms with Crippen molar-refractivity contribution in [3.63, 3.8) is 0 Å². The maximum Gasteiger partial charge on any atom is 0.322 e. The highest BCUT2D eigenvalue weighted by atomic mass is 35.5. The van der Waals surface area contributed by atoms with Crippen LogP contribution in [-0.4, -0.2) is 66.5 Å². The molecular formula is C21H21ClN4O4S. The Balaban J connectivity index is 1.40. The van der Waals surface area contributed by atoms with Gasteiger partial charge in [0.25, 0.3) is 5.91 Å². The number of halogens is 1. The van der Waals surface area contributed by atoms with E-state index in [9.17, 15) is 9.59 Å². The minimum atomic E-state index is -0.286. The number of methoxy groups -OCH3 is 2. The molecule has 1 aliphatic heterocycles. The van der Waals surface area contributed by atoms with Crippen LogP contribution in [0.5, 0.6) is 11.5 Å². The SMILES string of the molecule is COc1cc(OC)c(NC(=O)N2CCN(C(=O)c3nsc4ccccc34)CC2)cc1Cl. The van der Waals surface area contributed by atoms with Crippen molar-refractivity contribution in [3.05, 3.63) is 47.1 Å². The minimum Gasteiger partial charge on any atom is -0.495 e. The number of rotatable bonds is 4. The molecule has 0 bridgehead atoms. The van der Waals surface area contributed by atoms with E-state index in [2.05, 4.69) is 9.69 Å². The fourth-order valence-electron chi connectivity index (χ4n) is 3.45. The zero-order chi connectivity index (χ0) is 22.0. The van der Waals surface area contributed by atoms with Crippen molar-refractivity contribution in [1.82, 2.24) is 14.2 Å². The van der Waals surface area contributed by atoms with Crippen LogP contribution in [0.1, 0.15) is 10.5 Å². The van der Waals surface area contributed by atoms with Gasteiger partial charge in [-0.2, -0.15) is 4.37 Å². The maximum absolute atomic E-state index is 12.9. The lowest BCUT2D eigenvalue weighted by Gasteiger charge is -2.34. The lowest BCUT2D eigenvalue weighted by atomic mass is 10.2. The second kappa shape index (κ2) is 8.99. The molecule has 3 aromatic rings. The first-order valence-electron chi connectivity index (χ1n) is 9.63. The van der Waals surface area contributed by atoms with Crippen LogP contribution in [0.25, 0.3) is 10.1 Å². The van der Waals surface area contributed by atoms with Gasteiger partial charge in [0, 0.05) is 37.6 Å². The third kappa shape index (κ3) is 4.24. The molecule has 1 saturated heterocycles. The number of carbonyl (C=O) groups is 2. The number of amides is 3. The zero-order valence-corrected chi connectivity index (χ0v) is 18.6. The molecule has 0 spiro atoms. The first-order valence-corrected chi connectivity index (χ1v) is 10.8. The van der Waals surface area contributed by atoms with Crippen molar-refractivity contribution < 1.29 is 19.1 Å². The normalized spacial score (nSPS) is 13.9. The number of urea groups is 1. The lowest BCUT2D eigenvalue weighted by Crippen LogP contribution is -2.51. The third-order valence-electron chi connectivity index (χ3n) is 5.15. The van der Waals surface area contributed by atoms with Crippen LogP contribution in [0.15, 0.2) is 36.4 Å². The van der Waals surface area contributed by atoms with Crippen LogP contribution in [0.3, 0.4) is 0 Å². The largest absolute Gasteiger partial charge is 0.495 e. The summed E-state index contributed by atoms with van der Waals surface area (Å²) in [5.74, 6) is 0.790. The number of fused-ring (bicyclic) bond motifs is 1. The average Bonchev–Trinajstić information content (AvgIpc) is 3.23. The quantitative estimate of drug-likeness (QED) is 0.637. The van der Waals surface area contributed by atoms with E-state index in [-0.39, 0.29) is 11.9 Å². The molecule has 0 aliphatic carbocycles. The molecule has 0 saturated carbocycles. The van der Waals surface area contributed by atoms with E-state index in [0.29, 0.717) is 54.1 Å². The molecule has 3 amide bonds. The number of hydrogen-bond acceptors (Lipinski definition) is 6. The van der Waals surface area contributed by atoms with Gasteiger partial charge in [0.05, 0.1) is 29.6 Å². The zero-order valence-electron chi connectivity index (χ0n) is 17.1. The summed E-state index contributed by atoms with van der Waals surface area (Å²) < 4.78 is 15.8. The van der Waals surface area contributed by atoms with Crippen LogP contribution in [0.4, 0.5) is 10.5 Å². The number of benzene rings is 2. The molecule has 0 radical (unpaired) electrons. The first kappa shape index (κ1) is 21.2. The summed E-state index contributed by atoms with van der Waals surface area (Å²) in [5, 5.41) is 4.05. The molecule has 1 N–H and O–H groups in total. The Kier molecular flexibility index (Phi) is 6.15. The van der Waals surface area contributed by atoms with E-state index in [4.69, 9.17) is 21.1 Å². The van der Waals surface area contributed by atoms with Crippen molar-refractivity contribution >= 4 is 50.8 Å². The van der Waals surface area contributed by atoms with Crippen LogP contribution in [-0.2, 0) is 0 Å². The summed E-state index contributed by atoms with van der Waals surface area (Å²) in [7, 11) is 3.01. The van der Waals surface area contributed by atoms with Crippen molar-refractivity contribution in [1.29, 1.82) is 0 Å². The van der Waals surface area contributed by atoms with Gasteiger partial charge >= 0.3 is 6.03 Å². The number of anilines is 1. The Hall–Kier alpha value is -3.04. The smallest absolute Gasteiger partial charge is 0.322 e. The minimum absolute atomic E-state index is 0.110. The monoisotopic (exact) mass is 460 g/mol. The molecule has 2 aromatic carbocycles. The number of ether oxygens (including phenoxy) is 2. The van der Waals surface area contributed by atoms with Crippen molar-refractivity contribution in [3.8, 4) is 11.5 Å². The van der Waals surface area contributed by atoms with Crippen LogP contribution < -0.4 is 14.8 Å². The molecule has 1 aromatic heterocycles. The number of nitrogens with zero attached hydrogens (tertiary/aromatic N) is 3. The fraction of sp³-hybridized carbons (Fsp3) is 0.286. The number of carbonyl (C=O) groups excluding carboxylic acids is 2. The summed E-state index contributed by atoms with van der Waals surface area (Å²) in [4.78, 5) is 29.1. The van der Waals surface area contributed by atoms with Gasteiger partial charge in [0.2, 0.25) is 0 Å². The van der Waals surface area contributed by atoms with E-state index < -0.39 is 0 Å². The van der Waals surface area contributed by atoms with Crippen LogP contribution in [0, 0.1) is 0 Å². The Morgan fingerprint density at radius 3 is 2.42 bits per heavy atom. The molecule has 1 aliphatic rings. The van der Waals surface area contributed by atoms with E-state index in [0.717, 1.165) is 10.1 Å². The van der Waals surface area contributed by atoms with Gasteiger partial charge in [-0.05, 0) is 23.7 Å². The Labute approximate surface area is 188 Å². The highest BCUT2D eigenvalue weighted by molar-refractivity contribution is 7.13. The molecule has 31 heavy (non-hydrogen) atoms. The lowest BCUT2D eigenvalue weighted by molar-refractivity contribution is 0.0669. The predicted molar refractivity (Wildman–Crippen MR) is 121 cm³/mol. The fourth-order valence-corrected chi connectivity index (χ4v) is 4.46. The van der Waals surface area contributed by atoms with Crippen molar-refractivity contribution in [2.45, 2.75) is 0 Å². The van der Waals surface area contributed by atoms with Crippen LogP contribution in [0.2, 0.25) is 5.02 Å². The Morgan fingerprint density at radius 1 is 1.03 bits per heavy atom. The second-order valence-corrected chi connectivity index (χ2v) is 8.14. The van der Waals surface area contributed by atoms with Gasteiger partial charge in [-0.1, -0.05) is 29.8 Å². The Bertz CT molecular complexity index is 1130. The van der Waals surface area contributed by atoms with E-state index in [1.54, 1.807) is 21.9 Å². The van der Waals surface area contributed by atoms with Gasteiger partial charge in [0.1, 0.15) is 17.2 Å². The van der Waals surface area contributed by atoms with E-state index in [1.807, 2.05) is 24.3 Å². The summed E-state index contributed by atoms with van der Waals surface area (Å²) >= 11 is 7.49. The number of nitrogens with one attached hydrogen (secondary N) is 1. The summed E-state index contributed by atoms with van der Waals surface area (Å²) in [5.41, 5.74) is 0.918. The molecular weight excluding hydrogens is 440 g/mol. The molecule has 0 atom stereocenters. The molecule has 162 valence electrons. The van der Waals surface area contributed by atoms with Crippen molar-refractivity contribution in [2.75, 3.05) is 45.7 Å². The predicted octanol–water partition coefficient (Wildman–Crippen LogP) is 3.96. The summed E-state index contributed by atoms with van der Waals surface area (Å²) in [6.07, 6.45) is 0. The Morgan fingerprint density at radius 2 is 1.71 bits per heavy atom. The van der Waals surface area contributed by atoms with Gasteiger partial charge in [-0.25, -0.2) is 4.79 Å². The molecule has 8 nitrogen and oxygen atoms in total. The molecule has 1 fully saturated rings. The number of hydrogen-bond donors (Lipinski definition) is 1. The average molecular weight is 461 g/mol. The van der Waals surface area contributed by atoms with Gasteiger partial charge in [-0.3, -0.25) is 4.79 Å². The highest BCUT2D eigenvalue weighted by Crippen LogP contribution is 2.36. The van der Waals surface area contributed by atoms with Crippen molar-refractivity contribution in [2.24, 2.45) is 0 Å². The summed E-state index contributed by atoms with van der Waals surface area (Å²) in [6, 6.07) is 10.6. The molecule has 2 heterocycles. The topological polar surface area (TPSA) is 84.0 Å². The molecule has 0 unspecified atom stereocenters. The standard InChI is InChI=1S/C21H21ClN4O4S/c1-29-16-12-17(30-2)15(11-14(16)22)23-21(28)26-9-7-25(8-10-26)20(27)19-13-5-3-4-6-18(13)31-24-19/h3-6,11-12H,7-10H2,1-2H3,(H,23,28). The van der Waals surface area contributed by atoms with E-state index in [1.165, 1.54) is 25.8 Å². The number of aromatic nitrogens is 1. The highest BCUT2D eigenvalue weighted by Gasteiger charge is 2.27. The number of piperazine rings is 1. The molecule has 4 rings (SSSR count). The summed E-state index contributed by atoms with van der Waals surface area (Å²) in [6.45, 7) is 1.68. The van der Waals surface area contributed by atoms with Gasteiger partial charge in [-0.15, -0.1) is 0 Å². The third-order valence-corrected chi connectivity index (χ3v) is 6.27. The second-order valence-electron chi connectivity index (χ2n) is 6.92. The first-order chi connectivity index (χ1) is 15.0. The van der Waals surface area contributed by atoms with Gasteiger partial charge in [0.15, 0.2) is 0 Å². The van der Waals surface area contributed by atoms with Crippen LogP contribution >= 0.6 is 23.1 Å². The van der Waals surface area contributed by atoms with Gasteiger partial charge < -0.3 is 24.6 Å².